The molecule has 0 aliphatic heterocycles. The lowest BCUT2D eigenvalue weighted by Gasteiger charge is -2.15. The molecule has 0 saturated heterocycles. The lowest BCUT2D eigenvalue weighted by atomic mass is 9.97. The minimum Gasteiger partial charge on any atom is -0.207 e. The molecule has 1 aromatic carbocycles. The normalized spacial score (nSPS) is 18.2. The van der Waals surface area contributed by atoms with Gasteiger partial charge in [0, 0.05) is 11.6 Å². The maximum Gasteiger partial charge on any atom is 0.130 e. The molecule has 1 aromatic rings. The van der Waals surface area contributed by atoms with Gasteiger partial charge in [0.2, 0.25) is 0 Å². The van der Waals surface area contributed by atoms with Crippen LogP contribution in [0.4, 0.5) is 8.78 Å². The van der Waals surface area contributed by atoms with Gasteiger partial charge in [0.25, 0.3) is 0 Å². The third-order valence-corrected chi connectivity index (χ3v) is 4.37. The van der Waals surface area contributed by atoms with Gasteiger partial charge in [-0.15, -0.1) is 11.6 Å². The summed E-state index contributed by atoms with van der Waals surface area (Å²) in [6.07, 6.45) is 6.98. The molecule has 1 aliphatic carbocycles. The van der Waals surface area contributed by atoms with Crippen LogP contribution in [0.3, 0.4) is 0 Å². The molecule has 1 atom stereocenters. The lowest BCUT2D eigenvalue weighted by molar-refractivity contribution is 0.474. The molecule has 0 aromatic heterocycles. The third-order valence-electron chi connectivity index (χ3n) is 3.92. The molecule has 1 saturated carbocycles. The molecule has 0 spiro atoms. The Morgan fingerprint density at radius 3 is 2.56 bits per heavy atom. The molecular formula is C15H19ClF2. The number of aryl methyl sites for hydroxylation is 1. The summed E-state index contributed by atoms with van der Waals surface area (Å²) in [5.74, 6) is -0.281. The minimum atomic E-state index is -0.524. The number of hydrogen-bond acceptors (Lipinski definition) is 0. The van der Waals surface area contributed by atoms with E-state index in [-0.39, 0.29) is 5.38 Å². The summed E-state index contributed by atoms with van der Waals surface area (Å²) in [6, 6.07) is 2.48. The van der Waals surface area contributed by atoms with Crippen molar-refractivity contribution < 1.29 is 8.78 Å². The second-order valence-corrected chi connectivity index (χ2v) is 5.85. The minimum absolute atomic E-state index is 0.343. The summed E-state index contributed by atoms with van der Waals surface area (Å²) in [7, 11) is 0. The van der Waals surface area contributed by atoms with E-state index in [0.717, 1.165) is 24.8 Å². The highest BCUT2D eigenvalue weighted by Gasteiger charge is 2.19. The molecule has 0 nitrogen and oxygen atoms in total. The molecule has 1 aliphatic rings. The van der Waals surface area contributed by atoms with Crippen LogP contribution in [-0.2, 0) is 0 Å². The summed E-state index contributed by atoms with van der Waals surface area (Å²) >= 11 is 6.25. The summed E-state index contributed by atoms with van der Waals surface area (Å²) in [4.78, 5) is 0. The third kappa shape index (κ3) is 3.23. The van der Waals surface area contributed by atoms with Crippen LogP contribution in [0.25, 0.3) is 0 Å². The molecule has 0 heterocycles. The average molecular weight is 273 g/mol. The van der Waals surface area contributed by atoms with Crippen LogP contribution in [0.1, 0.15) is 55.0 Å². The van der Waals surface area contributed by atoms with Gasteiger partial charge >= 0.3 is 0 Å². The van der Waals surface area contributed by atoms with Crippen LogP contribution < -0.4 is 0 Å². The fraction of sp³-hybridized carbons (Fsp3) is 0.600. The highest BCUT2D eigenvalue weighted by molar-refractivity contribution is 6.20. The van der Waals surface area contributed by atoms with E-state index < -0.39 is 11.6 Å². The maximum absolute atomic E-state index is 13.7. The molecule has 0 bridgehead atoms. The van der Waals surface area contributed by atoms with Crippen LogP contribution >= 0.6 is 11.6 Å². The second-order valence-electron chi connectivity index (χ2n) is 5.32. The monoisotopic (exact) mass is 272 g/mol. The topological polar surface area (TPSA) is 0 Å². The number of alkyl halides is 1. The van der Waals surface area contributed by atoms with Crippen molar-refractivity contribution in [1.29, 1.82) is 0 Å². The van der Waals surface area contributed by atoms with Gasteiger partial charge in [0.15, 0.2) is 0 Å². The molecule has 2 rings (SSSR count). The fourth-order valence-corrected chi connectivity index (χ4v) is 3.05. The van der Waals surface area contributed by atoms with Crippen molar-refractivity contribution in [2.24, 2.45) is 5.92 Å². The zero-order valence-electron chi connectivity index (χ0n) is 10.7. The Labute approximate surface area is 112 Å². The number of benzene rings is 1. The van der Waals surface area contributed by atoms with E-state index in [0.29, 0.717) is 11.1 Å². The molecule has 1 fully saturated rings. The molecule has 3 heteroatoms. The van der Waals surface area contributed by atoms with Crippen molar-refractivity contribution in [2.45, 2.75) is 50.8 Å². The highest BCUT2D eigenvalue weighted by atomic mass is 35.5. The first kappa shape index (κ1) is 13.8. The van der Waals surface area contributed by atoms with Gasteiger partial charge < -0.3 is 0 Å². The van der Waals surface area contributed by atoms with Crippen LogP contribution in [0.2, 0.25) is 0 Å². The van der Waals surface area contributed by atoms with Gasteiger partial charge in [-0.3, -0.25) is 0 Å². The quantitative estimate of drug-likeness (QED) is 0.633. The molecule has 0 N–H and O–H groups in total. The zero-order valence-corrected chi connectivity index (χ0v) is 11.4. The van der Waals surface area contributed by atoms with Crippen LogP contribution in [0, 0.1) is 24.5 Å². The van der Waals surface area contributed by atoms with E-state index >= 15 is 0 Å². The van der Waals surface area contributed by atoms with Crippen LogP contribution in [0.15, 0.2) is 12.1 Å². The Morgan fingerprint density at radius 1 is 1.22 bits per heavy atom. The van der Waals surface area contributed by atoms with Crippen LogP contribution in [0.5, 0.6) is 0 Å². The van der Waals surface area contributed by atoms with Crippen molar-refractivity contribution in [3.63, 3.8) is 0 Å². The summed E-state index contributed by atoms with van der Waals surface area (Å²) in [5.41, 5.74) is 0.895. The summed E-state index contributed by atoms with van der Waals surface area (Å²) < 4.78 is 26.8. The number of halogens is 3. The Balaban J connectivity index is 1.99. The van der Waals surface area contributed by atoms with E-state index in [1.54, 1.807) is 6.92 Å². The Bertz CT molecular complexity index is 411. The molecule has 1 unspecified atom stereocenters. The van der Waals surface area contributed by atoms with Gasteiger partial charge in [-0.25, -0.2) is 8.78 Å². The predicted octanol–water partition coefficient (Wildman–Crippen LogP) is 5.52. The van der Waals surface area contributed by atoms with E-state index in [1.165, 1.54) is 31.7 Å². The van der Waals surface area contributed by atoms with Gasteiger partial charge in [-0.1, -0.05) is 25.7 Å². The predicted molar refractivity (Wildman–Crippen MR) is 70.9 cm³/mol. The van der Waals surface area contributed by atoms with Crippen molar-refractivity contribution in [1.82, 2.24) is 0 Å². The molecule has 0 amide bonds. The molecule has 100 valence electrons. The second kappa shape index (κ2) is 6.01. The Hall–Kier alpha value is -0.630. The SMILES string of the molecule is Cc1cc(C(Cl)CCC2CCCC2)c(F)cc1F. The zero-order chi connectivity index (χ0) is 13.1. The van der Waals surface area contributed by atoms with E-state index in [4.69, 9.17) is 11.6 Å². The summed E-state index contributed by atoms with van der Waals surface area (Å²) in [6.45, 7) is 1.64. The molecular weight excluding hydrogens is 254 g/mol. The largest absolute Gasteiger partial charge is 0.207 e. The highest BCUT2D eigenvalue weighted by Crippen LogP contribution is 2.35. The van der Waals surface area contributed by atoms with Crippen molar-refractivity contribution in [2.75, 3.05) is 0 Å². The smallest absolute Gasteiger partial charge is 0.130 e. The van der Waals surface area contributed by atoms with Gasteiger partial charge in [-0.2, -0.15) is 0 Å². The first-order valence-corrected chi connectivity index (χ1v) is 7.11. The molecule has 0 radical (unpaired) electrons. The summed E-state index contributed by atoms with van der Waals surface area (Å²) in [5, 5.41) is -0.343. The van der Waals surface area contributed by atoms with E-state index in [1.807, 2.05) is 0 Å². The van der Waals surface area contributed by atoms with Gasteiger partial charge in [-0.05, 0) is 37.3 Å². The standard InChI is InChI=1S/C15H19ClF2/c1-10-8-12(15(18)9-14(10)17)13(16)7-6-11-4-2-3-5-11/h8-9,11,13H,2-7H2,1H3. The fourth-order valence-electron chi connectivity index (χ4n) is 2.76. The van der Waals surface area contributed by atoms with Crippen molar-refractivity contribution >= 4 is 11.6 Å². The van der Waals surface area contributed by atoms with E-state index in [9.17, 15) is 8.78 Å². The first-order valence-electron chi connectivity index (χ1n) is 6.67. The van der Waals surface area contributed by atoms with Crippen molar-refractivity contribution in [3.05, 3.63) is 34.9 Å². The van der Waals surface area contributed by atoms with E-state index in [2.05, 4.69) is 0 Å². The maximum atomic E-state index is 13.7. The average Bonchev–Trinajstić information content (AvgIpc) is 2.84. The van der Waals surface area contributed by atoms with Crippen molar-refractivity contribution in [3.8, 4) is 0 Å². The Kier molecular flexibility index (Phi) is 4.60. The first-order chi connectivity index (χ1) is 8.58. The number of hydrogen-bond donors (Lipinski definition) is 0. The van der Waals surface area contributed by atoms with Gasteiger partial charge in [0.1, 0.15) is 11.6 Å². The van der Waals surface area contributed by atoms with Crippen LogP contribution in [-0.4, -0.2) is 0 Å². The van der Waals surface area contributed by atoms with Gasteiger partial charge in [0.05, 0.1) is 5.38 Å². The Morgan fingerprint density at radius 2 is 1.89 bits per heavy atom. The lowest BCUT2D eigenvalue weighted by Crippen LogP contribution is -2.01. The molecule has 18 heavy (non-hydrogen) atoms. The number of rotatable bonds is 4.